The highest BCUT2D eigenvalue weighted by Crippen LogP contribution is 2.44. The van der Waals surface area contributed by atoms with Crippen molar-refractivity contribution < 1.29 is 24.2 Å². The second-order valence-corrected chi connectivity index (χ2v) is 10.3. The number of carbonyl (C=O) groups excluding carboxylic acids is 2. The van der Waals surface area contributed by atoms with Crippen LogP contribution in [0.25, 0.3) is 11.1 Å². The number of amides is 2. The number of nitrogens with one attached hydrogen (secondary N) is 2. The van der Waals surface area contributed by atoms with E-state index in [0.29, 0.717) is 6.54 Å². The van der Waals surface area contributed by atoms with Crippen molar-refractivity contribution in [2.75, 3.05) is 13.2 Å². The molecule has 3 aromatic rings. The van der Waals surface area contributed by atoms with E-state index in [0.717, 1.165) is 35.2 Å². The second-order valence-electron chi connectivity index (χ2n) is 10.3. The minimum atomic E-state index is -1.24. The summed E-state index contributed by atoms with van der Waals surface area (Å²) in [5.41, 5.74) is 5.55. The number of alkyl carbamates (subject to hydrolysis) is 1. The number of nitrogens with zero attached hydrogens (tertiary/aromatic N) is 1. The first kappa shape index (κ1) is 26.4. The molecule has 3 atom stereocenters. The Hall–Kier alpha value is -4.17. The number of carbonyl (C=O) groups is 3. The van der Waals surface area contributed by atoms with E-state index in [-0.39, 0.29) is 24.6 Å². The van der Waals surface area contributed by atoms with Crippen LogP contribution in [0.15, 0.2) is 78.9 Å². The predicted molar refractivity (Wildman–Crippen MR) is 147 cm³/mol. The highest BCUT2D eigenvalue weighted by Gasteiger charge is 2.34. The second kappa shape index (κ2) is 11.7. The Morgan fingerprint density at radius 3 is 2.21 bits per heavy atom. The van der Waals surface area contributed by atoms with Crippen LogP contribution in [0.5, 0.6) is 0 Å². The summed E-state index contributed by atoms with van der Waals surface area (Å²) in [6.07, 6.45) is -0.612. The zero-order valence-electron chi connectivity index (χ0n) is 21.9. The Labute approximate surface area is 228 Å². The third kappa shape index (κ3) is 6.12. The number of aliphatic carboxylic acids is 1. The number of likely N-dealkylation sites (tertiary alicyclic amines) is 1. The van der Waals surface area contributed by atoms with E-state index in [1.807, 2.05) is 66.7 Å². The molecule has 0 bridgehead atoms. The maximum atomic E-state index is 13.1. The van der Waals surface area contributed by atoms with Gasteiger partial charge in [-0.25, -0.2) is 4.79 Å². The molecular weight excluding hydrogens is 494 g/mol. The molecule has 1 heterocycles. The number of hydrogen-bond donors (Lipinski definition) is 3. The molecule has 0 saturated carbocycles. The Morgan fingerprint density at radius 1 is 0.949 bits per heavy atom. The number of fused-ring (bicyclic) bond motifs is 3. The van der Waals surface area contributed by atoms with Crippen molar-refractivity contribution in [3.8, 4) is 11.1 Å². The number of ether oxygens (including phenoxy) is 1. The number of benzene rings is 3. The quantitative estimate of drug-likeness (QED) is 0.386. The van der Waals surface area contributed by atoms with Gasteiger partial charge in [0.1, 0.15) is 12.6 Å². The highest BCUT2D eigenvalue weighted by molar-refractivity contribution is 5.89. The van der Waals surface area contributed by atoms with E-state index in [4.69, 9.17) is 4.74 Å². The molecule has 0 radical (unpaired) electrons. The lowest BCUT2D eigenvalue weighted by atomic mass is 9.98. The van der Waals surface area contributed by atoms with E-state index >= 15 is 0 Å². The van der Waals surface area contributed by atoms with Crippen molar-refractivity contribution in [3.05, 3.63) is 95.6 Å². The summed E-state index contributed by atoms with van der Waals surface area (Å²) in [6, 6.07) is 25.0. The fourth-order valence-corrected chi connectivity index (χ4v) is 5.71. The molecule has 3 aromatic carbocycles. The van der Waals surface area contributed by atoms with Gasteiger partial charge >= 0.3 is 12.1 Å². The van der Waals surface area contributed by atoms with Gasteiger partial charge < -0.3 is 20.5 Å². The van der Waals surface area contributed by atoms with Gasteiger partial charge in [-0.05, 0) is 41.2 Å². The Balaban J connectivity index is 1.18. The van der Waals surface area contributed by atoms with Crippen molar-refractivity contribution in [2.45, 2.75) is 50.4 Å². The zero-order chi connectivity index (χ0) is 27.4. The minimum absolute atomic E-state index is 0.0792. The van der Waals surface area contributed by atoms with E-state index in [1.54, 1.807) is 0 Å². The maximum Gasteiger partial charge on any atom is 0.407 e. The molecule has 1 saturated heterocycles. The third-order valence-electron chi connectivity index (χ3n) is 7.61. The highest BCUT2D eigenvalue weighted by atomic mass is 16.5. The van der Waals surface area contributed by atoms with Crippen LogP contribution in [-0.4, -0.2) is 59.3 Å². The first-order valence-electron chi connectivity index (χ1n) is 13.3. The molecular formula is C31H33N3O5. The van der Waals surface area contributed by atoms with Gasteiger partial charge in [-0.1, -0.05) is 78.9 Å². The predicted octanol–water partition coefficient (Wildman–Crippen LogP) is 4.15. The summed E-state index contributed by atoms with van der Waals surface area (Å²) >= 11 is 0. The molecule has 3 unspecified atom stereocenters. The average Bonchev–Trinajstić information content (AvgIpc) is 3.43. The van der Waals surface area contributed by atoms with Crippen LogP contribution in [0.4, 0.5) is 4.79 Å². The molecule has 1 aliphatic heterocycles. The van der Waals surface area contributed by atoms with Gasteiger partial charge in [-0.15, -0.1) is 0 Å². The normalized spacial score (nSPS) is 19.1. The van der Waals surface area contributed by atoms with Crippen molar-refractivity contribution >= 4 is 18.0 Å². The van der Waals surface area contributed by atoms with Gasteiger partial charge in [0.05, 0.1) is 6.42 Å². The fourth-order valence-electron chi connectivity index (χ4n) is 5.71. The smallest absolute Gasteiger partial charge is 0.407 e. The maximum absolute atomic E-state index is 13.1. The lowest BCUT2D eigenvalue weighted by Gasteiger charge is -2.22. The van der Waals surface area contributed by atoms with Gasteiger partial charge in [0, 0.05) is 31.1 Å². The van der Waals surface area contributed by atoms with Gasteiger partial charge in [0.25, 0.3) is 0 Å². The molecule has 0 aromatic heterocycles. The van der Waals surface area contributed by atoms with Gasteiger partial charge in [0.2, 0.25) is 5.91 Å². The third-order valence-corrected chi connectivity index (χ3v) is 7.61. The number of carboxylic acid groups (broad SMARTS) is 1. The number of carboxylic acids is 1. The van der Waals surface area contributed by atoms with E-state index in [9.17, 15) is 19.5 Å². The van der Waals surface area contributed by atoms with Crippen LogP contribution < -0.4 is 10.6 Å². The molecule has 2 aliphatic rings. The molecule has 2 amide bonds. The first-order chi connectivity index (χ1) is 18.9. The molecule has 39 heavy (non-hydrogen) atoms. The van der Waals surface area contributed by atoms with Gasteiger partial charge in [0.15, 0.2) is 0 Å². The molecule has 202 valence electrons. The zero-order valence-corrected chi connectivity index (χ0v) is 21.9. The van der Waals surface area contributed by atoms with Crippen LogP contribution >= 0.6 is 0 Å². The number of rotatable bonds is 9. The summed E-state index contributed by atoms with van der Waals surface area (Å²) in [5.74, 6) is -1.84. The van der Waals surface area contributed by atoms with Crippen molar-refractivity contribution in [1.82, 2.24) is 15.5 Å². The monoisotopic (exact) mass is 527 g/mol. The van der Waals surface area contributed by atoms with E-state index < -0.39 is 30.4 Å². The first-order valence-corrected chi connectivity index (χ1v) is 13.3. The van der Waals surface area contributed by atoms with Crippen molar-refractivity contribution in [3.63, 3.8) is 0 Å². The molecule has 8 nitrogen and oxygen atoms in total. The van der Waals surface area contributed by atoms with Crippen LogP contribution in [0.1, 0.15) is 42.4 Å². The largest absolute Gasteiger partial charge is 0.481 e. The Morgan fingerprint density at radius 2 is 1.56 bits per heavy atom. The summed E-state index contributed by atoms with van der Waals surface area (Å²) in [5, 5.41) is 14.8. The average molecular weight is 528 g/mol. The summed E-state index contributed by atoms with van der Waals surface area (Å²) < 4.78 is 5.54. The fraction of sp³-hybridized carbons (Fsp3) is 0.323. The Bertz CT molecular complexity index is 1300. The van der Waals surface area contributed by atoms with Gasteiger partial charge in [-0.3, -0.25) is 14.5 Å². The molecule has 1 fully saturated rings. The Kier molecular flexibility index (Phi) is 7.93. The van der Waals surface area contributed by atoms with Crippen molar-refractivity contribution in [2.24, 2.45) is 0 Å². The molecule has 3 N–H and O–H groups in total. The molecule has 8 heteroatoms. The lowest BCUT2D eigenvalue weighted by molar-refractivity contribution is -0.140. The summed E-state index contributed by atoms with van der Waals surface area (Å²) in [4.78, 5) is 39.6. The van der Waals surface area contributed by atoms with E-state index in [1.165, 1.54) is 5.56 Å². The van der Waals surface area contributed by atoms with E-state index in [2.05, 4.69) is 34.6 Å². The molecule has 5 rings (SSSR count). The van der Waals surface area contributed by atoms with Crippen LogP contribution in [0, 0.1) is 0 Å². The van der Waals surface area contributed by atoms with Crippen LogP contribution in [0.3, 0.4) is 0 Å². The minimum Gasteiger partial charge on any atom is -0.481 e. The topological polar surface area (TPSA) is 108 Å². The molecule has 0 spiro atoms. The van der Waals surface area contributed by atoms with Crippen molar-refractivity contribution in [1.29, 1.82) is 0 Å². The molecule has 1 aliphatic carbocycles. The van der Waals surface area contributed by atoms with Crippen LogP contribution in [0.2, 0.25) is 0 Å². The van der Waals surface area contributed by atoms with Crippen LogP contribution in [-0.2, 0) is 20.9 Å². The number of hydrogen-bond acceptors (Lipinski definition) is 5. The standard InChI is InChI=1S/C31H33N3O5/c1-20-15-22(18-34(20)17-21-9-3-2-4-10-21)32-30(37)28(16-29(35)36)33-31(38)39-19-27-25-13-7-5-11-23(25)24-12-6-8-14-26(24)27/h2-14,20,22,27-28H,15-19H2,1H3,(H,32,37)(H,33,38)(H,35,36). The SMILES string of the molecule is CC1CC(NC(=O)C(CC(=O)O)NC(=O)OCC2c3ccccc3-c3ccccc32)CN1Cc1ccccc1. The lowest BCUT2D eigenvalue weighted by Crippen LogP contribution is -2.51. The summed E-state index contributed by atoms with van der Waals surface area (Å²) in [7, 11) is 0. The van der Waals surface area contributed by atoms with Gasteiger partial charge in [-0.2, -0.15) is 0 Å². The summed E-state index contributed by atoms with van der Waals surface area (Å²) in [6.45, 7) is 3.60.